The van der Waals surface area contributed by atoms with Gasteiger partial charge in [0.1, 0.15) is 4.83 Å². The minimum absolute atomic E-state index is 0.0400. The average Bonchev–Trinajstić information content (AvgIpc) is 2.08. The number of halogens is 1. The van der Waals surface area contributed by atoms with Crippen LogP contribution >= 0.6 is 15.9 Å². The molecule has 1 aliphatic rings. The van der Waals surface area contributed by atoms with Crippen LogP contribution in [0.25, 0.3) is 0 Å². The van der Waals surface area contributed by atoms with Crippen LogP contribution in [0.3, 0.4) is 0 Å². The maximum absolute atomic E-state index is 10.9. The van der Waals surface area contributed by atoms with Crippen LogP contribution in [0.4, 0.5) is 0 Å². The van der Waals surface area contributed by atoms with Gasteiger partial charge in [-0.3, -0.25) is 4.79 Å². The largest absolute Gasteiger partial charge is 0.464 e. The van der Waals surface area contributed by atoms with Gasteiger partial charge in [-0.25, -0.2) is 9.79 Å². The van der Waals surface area contributed by atoms with Crippen LogP contribution in [0.1, 0.15) is 0 Å². The lowest BCUT2D eigenvalue weighted by Crippen LogP contribution is -2.22. The lowest BCUT2D eigenvalue weighted by molar-refractivity contribution is -0.133. The molecule has 0 aromatic rings. The molecule has 0 aliphatic carbocycles. The van der Waals surface area contributed by atoms with E-state index in [9.17, 15) is 9.59 Å². The fourth-order valence-corrected chi connectivity index (χ4v) is 0.949. The molecule has 1 rings (SSSR count). The SMILES string of the molecule is COC(=O)C1=NC(=O)C(Br)C=C1. The maximum Gasteiger partial charge on any atom is 0.356 e. The summed E-state index contributed by atoms with van der Waals surface area (Å²) < 4.78 is 4.38. The van der Waals surface area contributed by atoms with Crippen molar-refractivity contribution in [1.82, 2.24) is 0 Å². The molecule has 1 heterocycles. The molecule has 1 amide bonds. The number of amides is 1. The lowest BCUT2D eigenvalue weighted by Gasteiger charge is -2.06. The van der Waals surface area contributed by atoms with Gasteiger partial charge in [0.05, 0.1) is 7.11 Å². The molecule has 0 aromatic carbocycles. The Morgan fingerprint density at radius 3 is 2.92 bits per heavy atom. The van der Waals surface area contributed by atoms with Crippen molar-refractivity contribution in [2.24, 2.45) is 4.99 Å². The first-order valence-electron chi connectivity index (χ1n) is 3.18. The molecule has 0 saturated heterocycles. The van der Waals surface area contributed by atoms with Crippen molar-refractivity contribution in [1.29, 1.82) is 0 Å². The predicted molar refractivity (Wildman–Crippen MR) is 46.3 cm³/mol. The van der Waals surface area contributed by atoms with Gasteiger partial charge in [0, 0.05) is 0 Å². The Balaban J connectivity index is 2.83. The molecule has 0 saturated carbocycles. The molecule has 5 heteroatoms. The quantitative estimate of drug-likeness (QED) is 0.487. The van der Waals surface area contributed by atoms with Crippen LogP contribution in [0.2, 0.25) is 0 Å². The number of alkyl halides is 1. The van der Waals surface area contributed by atoms with Crippen LogP contribution < -0.4 is 0 Å². The number of rotatable bonds is 1. The molecule has 0 bridgehead atoms. The monoisotopic (exact) mass is 231 g/mol. The van der Waals surface area contributed by atoms with Gasteiger partial charge in [0.2, 0.25) is 0 Å². The number of hydrogen-bond donors (Lipinski definition) is 0. The number of carbonyl (C=O) groups is 2. The highest BCUT2D eigenvalue weighted by molar-refractivity contribution is 9.10. The fraction of sp³-hybridized carbons (Fsp3) is 0.286. The Morgan fingerprint density at radius 2 is 2.42 bits per heavy atom. The minimum atomic E-state index is -0.598. The normalized spacial score (nSPS) is 22.0. The predicted octanol–water partition coefficient (Wildman–Crippen LogP) is 0.460. The molecule has 0 spiro atoms. The van der Waals surface area contributed by atoms with E-state index in [1.165, 1.54) is 13.2 Å². The maximum atomic E-state index is 10.9. The first-order chi connectivity index (χ1) is 5.65. The van der Waals surface area contributed by atoms with Gasteiger partial charge in [-0.1, -0.05) is 22.0 Å². The Hall–Kier alpha value is -0.970. The zero-order valence-corrected chi connectivity index (χ0v) is 7.87. The van der Waals surface area contributed by atoms with Gasteiger partial charge in [-0.05, 0) is 6.08 Å². The second-order valence-corrected chi connectivity index (χ2v) is 3.07. The standard InChI is InChI=1S/C7H6BrNO3/c1-12-7(11)5-3-2-4(8)6(10)9-5/h2-4H,1H3. The summed E-state index contributed by atoms with van der Waals surface area (Å²) in [6.07, 6.45) is 2.99. The molecule has 0 N–H and O–H groups in total. The van der Waals surface area contributed by atoms with Gasteiger partial charge >= 0.3 is 5.97 Å². The highest BCUT2D eigenvalue weighted by Gasteiger charge is 2.19. The molecule has 12 heavy (non-hydrogen) atoms. The zero-order valence-electron chi connectivity index (χ0n) is 6.28. The summed E-state index contributed by atoms with van der Waals surface area (Å²) >= 11 is 3.06. The summed E-state index contributed by atoms with van der Waals surface area (Å²) in [7, 11) is 1.24. The van der Waals surface area contributed by atoms with E-state index < -0.39 is 16.7 Å². The molecule has 64 valence electrons. The first-order valence-corrected chi connectivity index (χ1v) is 4.10. The van der Waals surface area contributed by atoms with E-state index in [0.717, 1.165) is 0 Å². The van der Waals surface area contributed by atoms with E-state index in [1.807, 2.05) is 0 Å². The van der Waals surface area contributed by atoms with Crippen molar-refractivity contribution in [2.75, 3.05) is 7.11 Å². The zero-order chi connectivity index (χ0) is 9.14. The number of esters is 1. The van der Waals surface area contributed by atoms with E-state index in [-0.39, 0.29) is 5.71 Å². The van der Waals surface area contributed by atoms with Crippen LogP contribution in [-0.2, 0) is 14.3 Å². The van der Waals surface area contributed by atoms with E-state index in [4.69, 9.17) is 0 Å². The number of carbonyl (C=O) groups excluding carboxylic acids is 2. The van der Waals surface area contributed by atoms with Crippen molar-refractivity contribution in [3.8, 4) is 0 Å². The topological polar surface area (TPSA) is 55.7 Å². The summed E-state index contributed by atoms with van der Waals surface area (Å²) in [5.41, 5.74) is 0.0400. The highest BCUT2D eigenvalue weighted by atomic mass is 79.9. The van der Waals surface area contributed by atoms with Gasteiger partial charge in [0.25, 0.3) is 5.91 Å². The molecule has 0 radical (unpaired) electrons. The van der Waals surface area contributed by atoms with Crippen LogP contribution in [0.5, 0.6) is 0 Å². The first kappa shape index (κ1) is 9.12. The van der Waals surface area contributed by atoms with Gasteiger partial charge in [0.15, 0.2) is 5.71 Å². The lowest BCUT2D eigenvalue weighted by atomic mass is 10.2. The van der Waals surface area contributed by atoms with Crippen LogP contribution in [0, 0.1) is 0 Å². The van der Waals surface area contributed by atoms with Crippen LogP contribution in [-0.4, -0.2) is 29.5 Å². The fourth-order valence-electron chi connectivity index (χ4n) is 0.694. The summed E-state index contributed by atoms with van der Waals surface area (Å²) in [6, 6.07) is 0. The Bertz CT molecular complexity index is 280. The Morgan fingerprint density at radius 1 is 1.75 bits per heavy atom. The Labute approximate surface area is 77.4 Å². The third kappa shape index (κ3) is 1.79. The smallest absolute Gasteiger partial charge is 0.356 e. The number of hydrogen-bond acceptors (Lipinski definition) is 3. The van der Waals surface area contributed by atoms with E-state index in [2.05, 4.69) is 25.7 Å². The van der Waals surface area contributed by atoms with Crippen LogP contribution in [0.15, 0.2) is 17.1 Å². The minimum Gasteiger partial charge on any atom is -0.464 e. The third-order valence-electron chi connectivity index (χ3n) is 1.28. The molecular formula is C7H6BrNO3. The molecule has 0 fully saturated rings. The molecule has 1 aliphatic heterocycles. The summed E-state index contributed by atoms with van der Waals surface area (Å²) in [6.45, 7) is 0. The number of aliphatic imine (C=N–C) groups is 1. The average molecular weight is 232 g/mol. The second-order valence-electron chi connectivity index (χ2n) is 2.09. The van der Waals surface area contributed by atoms with Crippen molar-refractivity contribution in [2.45, 2.75) is 4.83 Å². The molecule has 4 nitrogen and oxygen atoms in total. The molecule has 0 aromatic heterocycles. The van der Waals surface area contributed by atoms with Crippen molar-refractivity contribution in [3.63, 3.8) is 0 Å². The van der Waals surface area contributed by atoms with Crippen molar-refractivity contribution < 1.29 is 14.3 Å². The van der Waals surface area contributed by atoms with Gasteiger partial charge < -0.3 is 4.74 Å². The number of nitrogens with zero attached hydrogens (tertiary/aromatic N) is 1. The second kappa shape index (κ2) is 3.62. The highest BCUT2D eigenvalue weighted by Crippen LogP contribution is 2.09. The number of dihydropyridines is 1. The van der Waals surface area contributed by atoms with E-state index in [0.29, 0.717) is 0 Å². The van der Waals surface area contributed by atoms with Crippen molar-refractivity contribution in [3.05, 3.63) is 12.2 Å². The summed E-state index contributed by atoms with van der Waals surface area (Å²) in [5, 5.41) is 0. The van der Waals surface area contributed by atoms with E-state index >= 15 is 0 Å². The third-order valence-corrected chi connectivity index (χ3v) is 1.98. The Kier molecular flexibility index (Phi) is 2.75. The van der Waals surface area contributed by atoms with Gasteiger partial charge in [-0.15, -0.1) is 0 Å². The van der Waals surface area contributed by atoms with E-state index in [1.54, 1.807) is 6.08 Å². The molecule has 1 atom stereocenters. The van der Waals surface area contributed by atoms with Crippen molar-refractivity contribution >= 4 is 33.5 Å². The number of ether oxygens (including phenoxy) is 1. The summed E-state index contributed by atoms with van der Waals surface area (Å²) in [4.78, 5) is 24.9. The summed E-state index contributed by atoms with van der Waals surface area (Å²) in [5.74, 6) is -0.989. The van der Waals surface area contributed by atoms with Gasteiger partial charge in [-0.2, -0.15) is 0 Å². The molecule has 1 unspecified atom stereocenters. The molecular weight excluding hydrogens is 226 g/mol. The number of methoxy groups -OCH3 is 1.